The highest BCUT2D eigenvalue weighted by Gasteiger charge is 2.20. The predicted molar refractivity (Wildman–Crippen MR) is 79.4 cm³/mol. The van der Waals surface area contributed by atoms with Crippen LogP contribution in [0.1, 0.15) is 24.9 Å². The van der Waals surface area contributed by atoms with E-state index in [1.165, 1.54) is 6.07 Å². The number of benzene rings is 1. The van der Waals surface area contributed by atoms with Crippen LogP contribution in [0, 0.1) is 5.82 Å². The van der Waals surface area contributed by atoms with Crippen molar-refractivity contribution >= 4 is 5.69 Å². The first kappa shape index (κ1) is 15.2. The third-order valence-corrected chi connectivity index (χ3v) is 3.83. The van der Waals surface area contributed by atoms with E-state index in [9.17, 15) is 4.39 Å². The summed E-state index contributed by atoms with van der Waals surface area (Å²) in [6, 6.07) is 4.84. The van der Waals surface area contributed by atoms with Crippen molar-refractivity contribution in [3.8, 4) is 0 Å². The summed E-state index contributed by atoms with van der Waals surface area (Å²) >= 11 is 0. The Bertz CT molecular complexity index is 439. The van der Waals surface area contributed by atoms with Gasteiger partial charge in [-0.25, -0.2) is 4.39 Å². The van der Waals surface area contributed by atoms with E-state index in [1.807, 2.05) is 13.0 Å². The van der Waals surface area contributed by atoms with Crippen molar-refractivity contribution in [1.29, 1.82) is 0 Å². The second-order valence-electron chi connectivity index (χ2n) is 5.37. The van der Waals surface area contributed by atoms with E-state index in [4.69, 9.17) is 10.8 Å². The van der Waals surface area contributed by atoms with Gasteiger partial charge in [0.2, 0.25) is 0 Å². The van der Waals surface area contributed by atoms with E-state index in [0.29, 0.717) is 12.1 Å². The number of β-amino-alcohol motifs (C(OH)–C–C–N with tert-alkyl or cyclic N) is 1. The average Bonchev–Trinajstić information content (AvgIpc) is 2.64. The Morgan fingerprint density at radius 3 is 2.80 bits per heavy atom. The van der Waals surface area contributed by atoms with Crippen molar-refractivity contribution in [2.75, 3.05) is 44.2 Å². The second kappa shape index (κ2) is 7.02. The molecule has 0 saturated carbocycles. The SMILES string of the molecule is C[C@@H](N)c1c(F)cccc1N1CCCN(CCO)CC1. The fraction of sp³-hybridized carbons (Fsp3) is 0.600. The molecule has 1 aromatic rings. The molecule has 0 aliphatic carbocycles. The van der Waals surface area contributed by atoms with Crippen LogP contribution in [0.2, 0.25) is 0 Å². The first-order valence-electron chi connectivity index (χ1n) is 7.25. The number of anilines is 1. The summed E-state index contributed by atoms with van der Waals surface area (Å²) in [5.41, 5.74) is 7.43. The lowest BCUT2D eigenvalue weighted by molar-refractivity contribution is 0.204. The van der Waals surface area contributed by atoms with Gasteiger partial charge in [-0.05, 0) is 32.0 Å². The molecule has 112 valence electrons. The highest BCUT2D eigenvalue weighted by atomic mass is 19.1. The molecule has 0 unspecified atom stereocenters. The maximum atomic E-state index is 14.0. The fourth-order valence-electron chi connectivity index (χ4n) is 2.83. The number of aliphatic hydroxyl groups is 1. The molecule has 20 heavy (non-hydrogen) atoms. The summed E-state index contributed by atoms with van der Waals surface area (Å²) in [6.45, 7) is 6.30. The fourth-order valence-corrected chi connectivity index (χ4v) is 2.83. The molecule has 1 heterocycles. The van der Waals surface area contributed by atoms with Crippen LogP contribution in [0.25, 0.3) is 0 Å². The van der Waals surface area contributed by atoms with Crippen molar-refractivity contribution in [1.82, 2.24) is 4.90 Å². The molecule has 1 aliphatic heterocycles. The summed E-state index contributed by atoms with van der Waals surface area (Å²) in [5, 5.41) is 9.03. The zero-order chi connectivity index (χ0) is 14.5. The minimum atomic E-state index is -0.317. The maximum absolute atomic E-state index is 14.0. The van der Waals surface area contributed by atoms with Gasteiger partial charge in [-0.1, -0.05) is 6.07 Å². The topological polar surface area (TPSA) is 52.7 Å². The molecule has 0 bridgehead atoms. The molecule has 0 spiro atoms. The van der Waals surface area contributed by atoms with Gasteiger partial charge in [-0.2, -0.15) is 0 Å². The lowest BCUT2D eigenvalue weighted by atomic mass is 10.0. The minimum absolute atomic E-state index is 0.186. The molecule has 1 aliphatic rings. The van der Waals surface area contributed by atoms with E-state index in [-0.39, 0.29) is 18.5 Å². The van der Waals surface area contributed by atoms with Gasteiger partial charge < -0.3 is 15.7 Å². The molecule has 1 saturated heterocycles. The standard InChI is InChI=1S/C15H24FN3O/c1-12(17)15-13(16)4-2-5-14(15)19-7-3-6-18(8-9-19)10-11-20/h2,4-5,12,20H,3,6-11,17H2,1H3/t12-/m1/s1. The minimum Gasteiger partial charge on any atom is -0.395 e. The summed E-state index contributed by atoms with van der Waals surface area (Å²) in [4.78, 5) is 4.45. The van der Waals surface area contributed by atoms with E-state index in [0.717, 1.165) is 38.3 Å². The Balaban J connectivity index is 2.17. The van der Waals surface area contributed by atoms with Crippen LogP contribution in [-0.2, 0) is 0 Å². The van der Waals surface area contributed by atoms with E-state index in [1.54, 1.807) is 6.07 Å². The average molecular weight is 281 g/mol. The van der Waals surface area contributed by atoms with E-state index < -0.39 is 0 Å². The highest BCUT2D eigenvalue weighted by molar-refractivity contribution is 5.55. The molecule has 3 N–H and O–H groups in total. The van der Waals surface area contributed by atoms with Crippen LogP contribution < -0.4 is 10.6 Å². The largest absolute Gasteiger partial charge is 0.395 e. The molecule has 1 fully saturated rings. The third kappa shape index (κ3) is 3.48. The molecule has 1 atom stereocenters. The van der Waals surface area contributed by atoms with Gasteiger partial charge in [0.25, 0.3) is 0 Å². The van der Waals surface area contributed by atoms with E-state index in [2.05, 4.69) is 9.80 Å². The number of hydrogen-bond acceptors (Lipinski definition) is 4. The van der Waals surface area contributed by atoms with Gasteiger partial charge in [-0.3, -0.25) is 4.90 Å². The number of nitrogens with zero attached hydrogens (tertiary/aromatic N) is 2. The monoisotopic (exact) mass is 281 g/mol. The Labute approximate surface area is 120 Å². The molecule has 0 amide bonds. The zero-order valence-electron chi connectivity index (χ0n) is 12.1. The Morgan fingerprint density at radius 1 is 1.30 bits per heavy atom. The Morgan fingerprint density at radius 2 is 2.10 bits per heavy atom. The molecule has 0 aromatic heterocycles. The quantitative estimate of drug-likeness (QED) is 0.875. The smallest absolute Gasteiger partial charge is 0.130 e. The normalized spacial score (nSPS) is 18.9. The number of rotatable bonds is 4. The van der Waals surface area contributed by atoms with Gasteiger partial charge in [0.15, 0.2) is 0 Å². The molecular weight excluding hydrogens is 257 g/mol. The summed E-state index contributed by atoms with van der Waals surface area (Å²) < 4.78 is 14.0. The maximum Gasteiger partial charge on any atom is 0.130 e. The van der Waals surface area contributed by atoms with Crippen molar-refractivity contribution in [3.63, 3.8) is 0 Å². The van der Waals surface area contributed by atoms with Gasteiger partial charge in [0.05, 0.1) is 6.61 Å². The van der Waals surface area contributed by atoms with Gasteiger partial charge in [0.1, 0.15) is 5.82 Å². The van der Waals surface area contributed by atoms with Crippen molar-refractivity contribution in [3.05, 3.63) is 29.6 Å². The van der Waals surface area contributed by atoms with Gasteiger partial charge >= 0.3 is 0 Å². The number of aliphatic hydroxyl groups excluding tert-OH is 1. The molecule has 4 nitrogen and oxygen atoms in total. The Kier molecular flexibility index (Phi) is 5.34. The lowest BCUT2D eigenvalue weighted by Gasteiger charge is -2.27. The molecule has 5 heteroatoms. The number of nitrogens with two attached hydrogens (primary N) is 1. The number of hydrogen-bond donors (Lipinski definition) is 2. The van der Waals surface area contributed by atoms with Crippen LogP contribution in [-0.4, -0.2) is 49.3 Å². The highest BCUT2D eigenvalue weighted by Crippen LogP contribution is 2.28. The lowest BCUT2D eigenvalue weighted by Crippen LogP contribution is -2.33. The van der Waals surface area contributed by atoms with Crippen molar-refractivity contribution < 1.29 is 9.50 Å². The summed E-state index contributed by atoms with van der Waals surface area (Å²) in [7, 11) is 0. The molecule has 0 radical (unpaired) electrons. The zero-order valence-corrected chi connectivity index (χ0v) is 12.1. The van der Waals surface area contributed by atoms with Crippen molar-refractivity contribution in [2.45, 2.75) is 19.4 Å². The number of halogens is 1. The van der Waals surface area contributed by atoms with Crippen LogP contribution >= 0.6 is 0 Å². The van der Waals surface area contributed by atoms with Crippen LogP contribution in [0.3, 0.4) is 0 Å². The first-order chi connectivity index (χ1) is 9.63. The van der Waals surface area contributed by atoms with Crippen LogP contribution in [0.5, 0.6) is 0 Å². The molecule has 1 aromatic carbocycles. The molecule has 2 rings (SSSR count). The predicted octanol–water partition coefficient (Wildman–Crippen LogP) is 1.35. The summed E-state index contributed by atoms with van der Waals surface area (Å²) in [6.07, 6.45) is 1.01. The third-order valence-electron chi connectivity index (χ3n) is 3.83. The second-order valence-corrected chi connectivity index (χ2v) is 5.37. The van der Waals surface area contributed by atoms with Crippen molar-refractivity contribution in [2.24, 2.45) is 5.73 Å². The van der Waals surface area contributed by atoms with Gasteiger partial charge in [-0.15, -0.1) is 0 Å². The van der Waals surface area contributed by atoms with Gasteiger partial charge in [0, 0.05) is 43.5 Å². The Hall–Kier alpha value is -1.17. The summed E-state index contributed by atoms with van der Waals surface area (Å²) in [5.74, 6) is -0.228. The first-order valence-corrected chi connectivity index (χ1v) is 7.25. The van der Waals surface area contributed by atoms with Crippen LogP contribution in [0.4, 0.5) is 10.1 Å². The van der Waals surface area contributed by atoms with E-state index >= 15 is 0 Å². The van der Waals surface area contributed by atoms with Crippen LogP contribution in [0.15, 0.2) is 18.2 Å². The molecular formula is C15H24FN3O.